The van der Waals surface area contributed by atoms with Crippen LogP contribution in [0.2, 0.25) is 5.02 Å². The summed E-state index contributed by atoms with van der Waals surface area (Å²) >= 11 is 5.89. The number of ether oxygens (including phenoxy) is 1. The highest BCUT2D eigenvalue weighted by Gasteiger charge is 2.38. The Morgan fingerprint density at radius 1 is 1.43 bits per heavy atom. The molecule has 1 fully saturated rings. The molecule has 0 amide bonds. The van der Waals surface area contributed by atoms with E-state index in [1.165, 1.54) is 0 Å². The second-order valence-corrected chi connectivity index (χ2v) is 4.69. The van der Waals surface area contributed by atoms with Crippen molar-refractivity contribution in [2.24, 2.45) is 0 Å². The topological polar surface area (TPSA) is 78.8 Å². The van der Waals surface area contributed by atoms with E-state index in [1.807, 2.05) is 6.07 Å². The van der Waals surface area contributed by atoms with E-state index in [-0.39, 0.29) is 0 Å². The third-order valence-electron chi connectivity index (χ3n) is 2.77. The quantitative estimate of drug-likeness (QED) is 0.771. The first kappa shape index (κ1) is 17.5. The van der Waals surface area contributed by atoms with Gasteiger partial charge in [-0.25, -0.2) is 4.79 Å². The number of aliphatic hydroxyl groups is 1. The van der Waals surface area contributed by atoms with Gasteiger partial charge in [0.2, 0.25) is 0 Å². The number of methoxy groups -OCH3 is 1. The summed E-state index contributed by atoms with van der Waals surface area (Å²) in [5.74, 6) is -2.16. The van der Waals surface area contributed by atoms with Crippen molar-refractivity contribution in [2.45, 2.75) is 11.8 Å². The Morgan fingerprint density at radius 3 is 2.29 bits per heavy atom. The molecule has 5 nitrogen and oxygen atoms in total. The molecule has 1 aliphatic rings. The largest absolute Gasteiger partial charge is 0.495 e. The monoisotopic (exact) mass is 327 g/mol. The molecular weight excluding hydrogens is 315 g/mol. The van der Waals surface area contributed by atoms with Crippen molar-refractivity contribution in [3.63, 3.8) is 0 Å². The van der Waals surface area contributed by atoms with Gasteiger partial charge in [0.1, 0.15) is 11.4 Å². The van der Waals surface area contributed by atoms with E-state index in [9.17, 15) is 18.3 Å². The second kappa shape index (κ2) is 6.50. The van der Waals surface area contributed by atoms with Gasteiger partial charge < -0.3 is 20.3 Å². The average Bonchev–Trinajstić information content (AvgIpc) is 2.36. The molecule has 118 valence electrons. The molecular formula is C12H13ClF3NO4. The number of carboxylic acid groups (broad SMARTS) is 1. The van der Waals surface area contributed by atoms with E-state index in [2.05, 4.69) is 5.32 Å². The van der Waals surface area contributed by atoms with Crippen LogP contribution in [0.15, 0.2) is 18.2 Å². The number of hydrogen-bond acceptors (Lipinski definition) is 4. The van der Waals surface area contributed by atoms with Crippen LogP contribution >= 0.6 is 11.6 Å². The van der Waals surface area contributed by atoms with Crippen LogP contribution in [-0.2, 0) is 10.4 Å². The standard InChI is InChI=1S/C10H12ClNO2.C2HF3O2/c1-14-9-4-7(2-3-8(9)11)10(13)5-12-6-10;3-2(4,5)1(6)7/h2-4,12-13H,5-6H2,1H3;(H,6,7). The predicted molar refractivity (Wildman–Crippen MR) is 68.5 cm³/mol. The van der Waals surface area contributed by atoms with Crippen molar-refractivity contribution in [2.75, 3.05) is 20.2 Å². The third-order valence-corrected chi connectivity index (χ3v) is 3.08. The van der Waals surface area contributed by atoms with Crippen LogP contribution in [-0.4, -0.2) is 42.6 Å². The highest BCUT2D eigenvalue weighted by atomic mass is 35.5. The number of halogens is 4. The summed E-state index contributed by atoms with van der Waals surface area (Å²) in [6.45, 7) is 1.16. The first-order chi connectivity index (χ1) is 9.60. The zero-order chi connectivity index (χ0) is 16.3. The van der Waals surface area contributed by atoms with Gasteiger partial charge >= 0.3 is 12.1 Å². The number of rotatable bonds is 2. The Labute approximate surface area is 123 Å². The SMILES string of the molecule is COc1cc(C2(O)CNC2)ccc1Cl.O=C(O)C(F)(F)F. The smallest absolute Gasteiger partial charge is 0.490 e. The Hall–Kier alpha value is -1.51. The van der Waals surface area contributed by atoms with Crippen molar-refractivity contribution in [1.82, 2.24) is 5.32 Å². The summed E-state index contributed by atoms with van der Waals surface area (Å²) in [6.07, 6.45) is -5.08. The number of carbonyl (C=O) groups is 1. The van der Waals surface area contributed by atoms with Crippen molar-refractivity contribution in [1.29, 1.82) is 0 Å². The van der Waals surface area contributed by atoms with E-state index < -0.39 is 17.7 Å². The second-order valence-electron chi connectivity index (χ2n) is 4.29. The highest BCUT2D eigenvalue weighted by Crippen LogP contribution is 2.32. The average molecular weight is 328 g/mol. The maximum atomic E-state index is 10.6. The minimum atomic E-state index is -5.08. The van der Waals surface area contributed by atoms with Gasteiger partial charge in [0.15, 0.2) is 0 Å². The molecule has 9 heteroatoms. The number of hydrogen-bond donors (Lipinski definition) is 3. The molecule has 1 aromatic carbocycles. The van der Waals surface area contributed by atoms with Crippen molar-refractivity contribution >= 4 is 17.6 Å². The molecule has 2 rings (SSSR count). The fourth-order valence-corrected chi connectivity index (χ4v) is 1.71. The Kier molecular flexibility index (Phi) is 5.43. The van der Waals surface area contributed by atoms with Crippen LogP contribution in [0.5, 0.6) is 5.75 Å². The lowest BCUT2D eigenvalue weighted by Gasteiger charge is -2.38. The van der Waals surface area contributed by atoms with Crippen LogP contribution in [0.1, 0.15) is 5.56 Å². The van der Waals surface area contributed by atoms with E-state index in [0.717, 1.165) is 5.56 Å². The van der Waals surface area contributed by atoms with Gasteiger partial charge in [-0.15, -0.1) is 0 Å². The van der Waals surface area contributed by atoms with Crippen LogP contribution in [0.3, 0.4) is 0 Å². The summed E-state index contributed by atoms with van der Waals surface area (Å²) < 4.78 is 36.8. The molecule has 0 radical (unpaired) electrons. The van der Waals surface area contributed by atoms with Crippen molar-refractivity contribution < 1.29 is 32.9 Å². The molecule has 0 aromatic heterocycles. The summed E-state index contributed by atoms with van der Waals surface area (Å²) in [4.78, 5) is 8.90. The molecule has 0 unspecified atom stereocenters. The first-order valence-electron chi connectivity index (χ1n) is 5.67. The Bertz CT molecular complexity index is 518. The lowest BCUT2D eigenvalue weighted by atomic mass is 9.88. The van der Waals surface area contributed by atoms with Crippen LogP contribution in [0.25, 0.3) is 0 Å². The summed E-state index contributed by atoms with van der Waals surface area (Å²) in [5.41, 5.74) is 0.0928. The van der Waals surface area contributed by atoms with Crippen LogP contribution in [0.4, 0.5) is 13.2 Å². The number of aliphatic carboxylic acids is 1. The molecule has 3 N–H and O–H groups in total. The summed E-state index contributed by atoms with van der Waals surface area (Å²) in [7, 11) is 1.56. The van der Waals surface area contributed by atoms with Crippen molar-refractivity contribution in [3.8, 4) is 5.75 Å². The summed E-state index contributed by atoms with van der Waals surface area (Å²) in [5, 5.41) is 20.7. The number of benzene rings is 1. The maximum Gasteiger partial charge on any atom is 0.490 e. The predicted octanol–water partition coefficient (Wildman–Crippen LogP) is 1.77. The molecule has 1 heterocycles. The van der Waals surface area contributed by atoms with Gasteiger partial charge in [-0.05, 0) is 17.7 Å². The van der Waals surface area contributed by atoms with Gasteiger partial charge in [0.25, 0.3) is 0 Å². The molecule has 0 atom stereocenters. The van der Waals surface area contributed by atoms with E-state index in [4.69, 9.17) is 26.2 Å². The van der Waals surface area contributed by atoms with Gasteiger partial charge in [-0.2, -0.15) is 13.2 Å². The van der Waals surface area contributed by atoms with Gasteiger partial charge in [0.05, 0.1) is 12.1 Å². The molecule has 21 heavy (non-hydrogen) atoms. The van der Waals surface area contributed by atoms with Crippen molar-refractivity contribution in [3.05, 3.63) is 28.8 Å². The van der Waals surface area contributed by atoms with E-state index in [1.54, 1.807) is 19.2 Å². The van der Waals surface area contributed by atoms with E-state index >= 15 is 0 Å². The fraction of sp³-hybridized carbons (Fsp3) is 0.417. The van der Waals surface area contributed by atoms with E-state index in [0.29, 0.717) is 23.9 Å². The minimum absolute atomic E-state index is 0.562. The molecule has 0 bridgehead atoms. The third kappa shape index (κ3) is 4.48. The lowest BCUT2D eigenvalue weighted by Crippen LogP contribution is -2.56. The molecule has 0 saturated carbocycles. The molecule has 0 spiro atoms. The number of β-amino-alcohol motifs (C(OH)–C–C–N with tert-alkyl or cyclic N) is 1. The van der Waals surface area contributed by atoms with Gasteiger partial charge in [-0.3, -0.25) is 0 Å². The Morgan fingerprint density at radius 2 is 1.95 bits per heavy atom. The molecule has 0 aliphatic carbocycles. The molecule has 1 aromatic rings. The summed E-state index contributed by atoms with van der Waals surface area (Å²) in [6, 6.07) is 5.35. The fourth-order valence-electron chi connectivity index (χ4n) is 1.52. The van der Waals surface area contributed by atoms with Crippen LogP contribution < -0.4 is 10.1 Å². The first-order valence-corrected chi connectivity index (χ1v) is 6.05. The zero-order valence-corrected chi connectivity index (χ0v) is 11.6. The zero-order valence-electron chi connectivity index (χ0n) is 10.9. The number of alkyl halides is 3. The molecule has 1 saturated heterocycles. The number of carboxylic acids is 1. The maximum absolute atomic E-state index is 10.6. The van der Waals surface area contributed by atoms with Crippen LogP contribution in [0, 0.1) is 0 Å². The molecule has 1 aliphatic heterocycles. The minimum Gasteiger partial charge on any atom is -0.495 e. The Balaban J connectivity index is 0.000000270. The van der Waals surface area contributed by atoms with Gasteiger partial charge in [-0.1, -0.05) is 17.7 Å². The number of nitrogens with one attached hydrogen (secondary N) is 1. The lowest BCUT2D eigenvalue weighted by molar-refractivity contribution is -0.192. The highest BCUT2D eigenvalue weighted by molar-refractivity contribution is 6.32. The van der Waals surface area contributed by atoms with Gasteiger partial charge in [0, 0.05) is 13.1 Å². The normalized spacial score (nSPS) is 16.3.